The van der Waals surface area contributed by atoms with E-state index in [9.17, 15) is 9.59 Å². The lowest BCUT2D eigenvalue weighted by Gasteiger charge is -2.31. The van der Waals surface area contributed by atoms with Crippen molar-refractivity contribution in [1.82, 2.24) is 9.97 Å². The van der Waals surface area contributed by atoms with Crippen LogP contribution < -0.4 is 0 Å². The van der Waals surface area contributed by atoms with Crippen LogP contribution in [0.3, 0.4) is 0 Å². The average molecular weight is 308 g/mol. The fourth-order valence-electron chi connectivity index (χ4n) is 2.39. The van der Waals surface area contributed by atoms with Gasteiger partial charge in [-0.25, -0.2) is 4.98 Å². The molecule has 6 heteroatoms. The normalized spacial score (nSPS) is 14.4. The van der Waals surface area contributed by atoms with Crippen LogP contribution in [0.2, 0.25) is 0 Å². The van der Waals surface area contributed by atoms with Crippen molar-refractivity contribution in [3.63, 3.8) is 0 Å². The van der Waals surface area contributed by atoms with Gasteiger partial charge in [0.05, 0.1) is 11.0 Å². The molecule has 20 heavy (non-hydrogen) atoms. The number of aromatic amines is 1. The summed E-state index contributed by atoms with van der Waals surface area (Å²) in [5, 5.41) is -0.740. The molecule has 4 nitrogen and oxygen atoms in total. The molecule has 0 saturated carbocycles. The highest BCUT2D eigenvalue weighted by atomic mass is 32.1. The minimum atomic E-state index is -1.08. The van der Waals surface area contributed by atoms with Crippen molar-refractivity contribution in [1.29, 1.82) is 0 Å². The summed E-state index contributed by atoms with van der Waals surface area (Å²) >= 11 is 7.83. The van der Waals surface area contributed by atoms with Gasteiger partial charge in [0.1, 0.15) is 11.2 Å². The zero-order valence-corrected chi connectivity index (χ0v) is 13.0. The number of H-pyrrole nitrogens is 1. The zero-order chi connectivity index (χ0) is 14.9. The largest absolute Gasteiger partial charge is 0.341 e. The van der Waals surface area contributed by atoms with Gasteiger partial charge in [-0.05, 0) is 18.1 Å². The molecule has 0 saturated heterocycles. The Balaban J connectivity index is 2.66. The monoisotopic (exact) mass is 308 g/mol. The van der Waals surface area contributed by atoms with Crippen LogP contribution in [-0.4, -0.2) is 20.2 Å². The first-order chi connectivity index (χ1) is 9.37. The summed E-state index contributed by atoms with van der Waals surface area (Å²) in [6.45, 7) is 3.75. The molecule has 0 amide bonds. The number of para-hydroxylation sites is 2. The Morgan fingerprint density at radius 1 is 1.30 bits per heavy atom. The van der Waals surface area contributed by atoms with E-state index in [0.29, 0.717) is 5.82 Å². The number of nitrogens with zero attached hydrogens (tertiary/aromatic N) is 1. The maximum atomic E-state index is 12.1. The Hall–Kier alpha value is -1.27. The molecule has 1 aromatic carbocycles. The van der Waals surface area contributed by atoms with E-state index in [4.69, 9.17) is 0 Å². The number of hydrogen-bond donors (Lipinski definition) is 3. The molecule has 1 aromatic heterocycles. The van der Waals surface area contributed by atoms with Crippen LogP contribution in [0.25, 0.3) is 11.0 Å². The van der Waals surface area contributed by atoms with Crippen molar-refractivity contribution in [3.05, 3.63) is 30.1 Å². The first kappa shape index (κ1) is 15.1. The second-order valence-corrected chi connectivity index (χ2v) is 6.01. The molecule has 0 aliphatic carbocycles. The van der Waals surface area contributed by atoms with E-state index in [1.54, 1.807) is 0 Å². The molecule has 2 rings (SSSR count). The van der Waals surface area contributed by atoms with Crippen molar-refractivity contribution in [3.8, 4) is 0 Å². The molecule has 0 aliphatic heterocycles. The third-order valence-corrected chi connectivity index (χ3v) is 4.17. The zero-order valence-electron chi connectivity index (χ0n) is 11.3. The van der Waals surface area contributed by atoms with Gasteiger partial charge < -0.3 is 4.98 Å². The van der Waals surface area contributed by atoms with Gasteiger partial charge in [0.2, 0.25) is 0 Å². The standard InChI is InChI=1S/C14H16N2O2S2/c1-8(2)14(13(18)20,7-11(17)19)12-15-9-5-3-4-6-10(9)16-12/h3-6,8H,7H2,1-2H3,(H,15,16)(H,17,19)(H,18,20). The Bertz CT molecular complexity index is 633. The van der Waals surface area contributed by atoms with E-state index in [2.05, 4.69) is 35.2 Å². The quantitative estimate of drug-likeness (QED) is 0.744. The number of imidazole rings is 1. The summed E-state index contributed by atoms with van der Waals surface area (Å²) in [7, 11) is 0. The number of carbonyl (C=O) groups excluding carboxylic acids is 2. The SMILES string of the molecule is CC(C)C(CC(=O)S)(C(=O)S)c1nc2ccccc2[nH]1. The first-order valence-corrected chi connectivity index (χ1v) is 7.17. The van der Waals surface area contributed by atoms with E-state index < -0.39 is 5.41 Å². The lowest BCUT2D eigenvalue weighted by atomic mass is 9.75. The molecule has 0 radical (unpaired) electrons. The number of thiol groups is 2. The van der Waals surface area contributed by atoms with Crippen LogP contribution >= 0.6 is 25.3 Å². The van der Waals surface area contributed by atoms with Gasteiger partial charge in [0, 0.05) is 6.42 Å². The van der Waals surface area contributed by atoms with Gasteiger partial charge in [-0.2, -0.15) is 0 Å². The van der Waals surface area contributed by atoms with Crippen molar-refractivity contribution < 1.29 is 9.59 Å². The van der Waals surface area contributed by atoms with E-state index in [-0.39, 0.29) is 22.6 Å². The highest BCUT2D eigenvalue weighted by Gasteiger charge is 2.45. The van der Waals surface area contributed by atoms with Crippen LogP contribution in [0.4, 0.5) is 0 Å². The van der Waals surface area contributed by atoms with Gasteiger partial charge in [-0.3, -0.25) is 9.59 Å². The second kappa shape index (κ2) is 5.61. The number of rotatable bonds is 5. The molecule has 0 bridgehead atoms. The molecular formula is C14H16N2O2S2. The molecule has 0 spiro atoms. The lowest BCUT2D eigenvalue weighted by Crippen LogP contribution is -2.41. The number of aromatic nitrogens is 2. The Kier molecular flexibility index (Phi) is 4.25. The van der Waals surface area contributed by atoms with E-state index in [0.717, 1.165) is 11.0 Å². The maximum Gasteiger partial charge on any atom is 0.200 e. The molecular weight excluding hydrogens is 292 g/mol. The fraction of sp³-hybridized carbons (Fsp3) is 0.357. The number of nitrogens with one attached hydrogen (secondary N) is 1. The summed E-state index contributed by atoms with van der Waals surface area (Å²) in [4.78, 5) is 31.2. The molecule has 106 valence electrons. The van der Waals surface area contributed by atoms with Crippen LogP contribution in [0.15, 0.2) is 24.3 Å². The summed E-state index contributed by atoms with van der Waals surface area (Å²) in [5.41, 5.74) is 0.503. The molecule has 1 atom stereocenters. The van der Waals surface area contributed by atoms with E-state index in [1.165, 1.54) is 0 Å². The highest BCUT2D eigenvalue weighted by molar-refractivity contribution is 7.97. The van der Waals surface area contributed by atoms with Crippen molar-refractivity contribution in [2.45, 2.75) is 25.7 Å². The van der Waals surface area contributed by atoms with Crippen molar-refractivity contribution in [2.24, 2.45) is 5.92 Å². The highest BCUT2D eigenvalue weighted by Crippen LogP contribution is 2.38. The number of hydrogen-bond acceptors (Lipinski definition) is 3. The molecule has 0 fully saturated rings. The summed E-state index contributed by atoms with van der Waals surface area (Å²) < 4.78 is 0. The third kappa shape index (κ3) is 2.50. The number of fused-ring (bicyclic) bond motifs is 1. The van der Waals surface area contributed by atoms with E-state index >= 15 is 0 Å². The average Bonchev–Trinajstić information content (AvgIpc) is 2.78. The topological polar surface area (TPSA) is 62.8 Å². The van der Waals surface area contributed by atoms with Gasteiger partial charge in [0.25, 0.3) is 0 Å². The van der Waals surface area contributed by atoms with Crippen molar-refractivity contribution >= 4 is 46.5 Å². The van der Waals surface area contributed by atoms with Gasteiger partial charge in [-0.1, -0.05) is 26.0 Å². The van der Waals surface area contributed by atoms with Crippen molar-refractivity contribution in [2.75, 3.05) is 0 Å². The maximum absolute atomic E-state index is 12.1. The van der Waals surface area contributed by atoms with Crippen LogP contribution in [0.5, 0.6) is 0 Å². The number of carbonyl (C=O) groups is 2. The second-order valence-electron chi connectivity index (χ2n) is 5.10. The molecule has 0 aliphatic rings. The summed E-state index contributed by atoms with van der Waals surface area (Å²) in [6, 6.07) is 7.48. The predicted molar refractivity (Wildman–Crippen MR) is 85.2 cm³/mol. The first-order valence-electron chi connectivity index (χ1n) is 6.28. The van der Waals surface area contributed by atoms with Gasteiger partial charge in [0.15, 0.2) is 10.2 Å². The lowest BCUT2D eigenvalue weighted by molar-refractivity contribution is -0.122. The predicted octanol–water partition coefficient (Wildman–Crippen LogP) is 2.76. The molecule has 1 heterocycles. The van der Waals surface area contributed by atoms with E-state index in [1.807, 2.05) is 38.1 Å². The summed E-state index contributed by atoms with van der Waals surface area (Å²) in [6.07, 6.45) is -0.0318. The molecule has 1 unspecified atom stereocenters. The Morgan fingerprint density at radius 2 is 1.95 bits per heavy atom. The Morgan fingerprint density at radius 3 is 2.45 bits per heavy atom. The van der Waals surface area contributed by atoms with Crippen LogP contribution in [0, 0.1) is 5.92 Å². The third-order valence-electron chi connectivity index (χ3n) is 3.61. The molecule has 2 aromatic rings. The molecule has 1 N–H and O–H groups in total. The van der Waals surface area contributed by atoms with Gasteiger partial charge in [-0.15, -0.1) is 25.3 Å². The number of benzene rings is 1. The smallest absolute Gasteiger partial charge is 0.200 e. The van der Waals surface area contributed by atoms with Crippen LogP contribution in [0.1, 0.15) is 26.1 Å². The fourth-order valence-corrected chi connectivity index (χ4v) is 3.08. The minimum Gasteiger partial charge on any atom is -0.341 e. The van der Waals surface area contributed by atoms with Crippen LogP contribution in [-0.2, 0) is 15.0 Å². The minimum absolute atomic E-state index is 0.0318. The summed E-state index contributed by atoms with van der Waals surface area (Å²) in [5.74, 6) is 0.334. The Labute approximate surface area is 128 Å². The van der Waals surface area contributed by atoms with Gasteiger partial charge >= 0.3 is 0 Å².